The highest BCUT2D eigenvalue weighted by Crippen LogP contribution is 2.37. The lowest BCUT2D eigenvalue weighted by Crippen LogP contribution is -2.44. The van der Waals surface area contributed by atoms with Gasteiger partial charge in [0.25, 0.3) is 5.91 Å². The van der Waals surface area contributed by atoms with Crippen LogP contribution in [-0.4, -0.2) is 53.3 Å². The first-order valence-corrected chi connectivity index (χ1v) is 9.23. The second kappa shape index (κ2) is 6.30. The van der Waals surface area contributed by atoms with E-state index in [2.05, 4.69) is 5.32 Å². The first-order chi connectivity index (χ1) is 12.8. The van der Waals surface area contributed by atoms with Crippen molar-refractivity contribution in [1.82, 2.24) is 15.1 Å². The molecular formula is C19H23FN4O3. The Bertz CT molecular complexity index is 799. The Labute approximate surface area is 156 Å². The zero-order valence-electron chi connectivity index (χ0n) is 15.2. The molecule has 3 aliphatic rings. The first-order valence-electron chi connectivity index (χ1n) is 9.23. The van der Waals surface area contributed by atoms with Crippen LogP contribution in [0.3, 0.4) is 0 Å². The van der Waals surface area contributed by atoms with Crippen LogP contribution in [0.2, 0.25) is 0 Å². The van der Waals surface area contributed by atoms with Gasteiger partial charge in [0.15, 0.2) is 0 Å². The number of carbonyl (C=O) groups excluding carboxylic acids is 3. The number of benzene rings is 1. The number of halogens is 1. The molecule has 0 bridgehead atoms. The molecule has 1 aromatic rings. The van der Waals surface area contributed by atoms with Crippen LogP contribution in [0.5, 0.6) is 0 Å². The third-order valence-corrected chi connectivity index (χ3v) is 6.25. The average molecular weight is 374 g/mol. The fraction of sp³-hybridized carbons (Fsp3) is 0.526. The van der Waals surface area contributed by atoms with Gasteiger partial charge in [-0.2, -0.15) is 0 Å². The summed E-state index contributed by atoms with van der Waals surface area (Å²) in [6, 6.07) is 4.90. The molecule has 1 saturated carbocycles. The molecule has 3 fully saturated rings. The van der Waals surface area contributed by atoms with Crippen molar-refractivity contribution in [3.8, 4) is 0 Å². The predicted octanol–water partition coefficient (Wildman–Crippen LogP) is 0.788. The monoisotopic (exact) mass is 374 g/mol. The molecule has 0 spiro atoms. The summed E-state index contributed by atoms with van der Waals surface area (Å²) < 4.78 is 13.2. The SMILES string of the molecule is CC1(c2ccc(F)cc2)NC(=O)N(CC(=O)N2CC3CCC(N)C3C2)C1=O. The van der Waals surface area contributed by atoms with Crippen LogP contribution in [-0.2, 0) is 15.1 Å². The van der Waals surface area contributed by atoms with Crippen LogP contribution in [0.25, 0.3) is 0 Å². The van der Waals surface area contributed by atoms with E-state index in [9.17, 15) is 18.8 Å². The molecule has 144 valence electrons. The molecule has 2 saturated heterocycles. The van der Waals surface area contributed by atoms with Crippen molar-refractivity contribution in [3.63, 3.8) is 0 Å². The van der Waals surface area contributed by atoms with E-state index in [4.69, 9.17) is 5.73 Å². The zero-order chi connectivity index (χ0) is 19.3. The molecule has 4 atom stereocenters. The second-order valence-electron chi connectivity index (χ2n) is 7.92. The highest BCUT2D eigenvalue weighted by Gasteiger charge is 2.50. The lowest BCUT2D eigenvalue weighted by atomic mass is 9.92. The predicted molar refractivity (Wildman–Crippen MR) is 94.8 cm³/mol. The number of nitrogens with zero attached hydrogens (tertiary/aromatic N) is 2. The van der Waals surface area contributed by atoms with E-state index in [0.29, 0.717) is 30.5 Å². The van der Waals surface area contributed by atoms with Gasteiger partial charge in [0.1, 0.15) is 17.9 Å². The Kier molecular flexibility index (Phi) is 4.18. The van der Waals surface area contributed by atoms with Crippen molar-refractivity contribution in [2.45, 2.75) is 31.3 Å². The number of carbonyl (C=O) groups is 3. The van der Waals surface area contributed by atoms with Crippen LogP contribution >= 0.6 is 0 Å². The second-order valence-corrected chi connectivity index (χ2v) is 7.92. The van der Waals surface area contributed by atoms with E-state index in [1.165, 1.54) is 24.3 Å². The zero-order valence-corrected chi connectivity index (χ0v) is 15.2. The third-order valence-electron chi connectivity index (χ3n) is 6.25. The summed E-state index contributed by atoms with van der Waals surface area (Å²) in [5.41, 5.74) is 5.27. The molecule has 2 aliphatic heterocycles. The molecule has 2 heterocycles. The van der Waals surface area contributed by atoms with Crippen LogP contribution in [0.1, 0.15) is 25.3 Å². The van der Waals surface area contributed by atoms with Gasteiger partial charge in [-0.15, -0.1) is 0 Å². The normalized spacial score (nSPS) is 32.8. The molecule has 4 unspecified atom stereocenters. The van der Waals surface area contributed by atoms with Crippen molar-refractivity contribution in [3.05, 3.63) is 35.6 Å². The number of likely N-dealkylation sites (tertiary alicyclic amines) is 1. The highest BCUT2D eigenvalue weighted by molar-refractivity contribution is 6.09. The Balaban J connectivity index is 1.46. The Morgan fingerprint density at radius 1 is 1.26 bits per heavy atom. The van der Waals surface area contributed by atoms with Crippen molar-refractivity contribution in [2.24, 2.45) is 17.6 Å². The summed E-state index contributed by atoms with van der Waals surface area (Å²) in [6.07, 6.45) is 2.00. The molecular weight excluding hydrogens is 351 g/mol. The average Bonchev–Trinajstić information content (AvgIpc) is 3.26. The number of hydrogen-bond acceptors (Lipinski definition) is 4. The Morgan fingerprint density at radius 3 is 2.63 bits per heavy atom. The highest BCUT2D eigenvalue weighted by atomic mass is 19.1. The maximum atomic E-state index is 13.2. The maximum absolute atomic E-state index is 13.2. The van der Waals surface area contributed by atoms with Crippen molar-refractivity contribution >= 4 is 17.8 Å². The van der Waals surface area contributed by atoms with Gasteiger partial charge in [0, 0.05) is 19.1 Å². The smallest absolute Gasteiger partial charge is 0.325 e. The number of fused-ring (bicyclic) bond motifs is 1. The number of nitrogens with one attached hydrogen (secondary N) is 1. The van der Waals surface area contributed by atoms with Gasteiger partial charge in [-0.05, 0) is 49.3 Å². The van der Waals surface area contributed by atoms with Crippen LogP contribution < -0.4 is 11.1 Å². The molecule has 4 amide bonds. The first kappa shape index (κ1) is 17.9. The van der Waals surface area contributed by atoms with E-state index >= 15 is 0 Å². The minimum Gasteiger partial charge on any atom is -0.341 e. The standard InChI is InChI=1S/C19H23FN4O3/c1-19(12-3-5-13(20)6-4-12)17(26)24(18(27)22-19)10-16(25)23-8-11-2-7-15(21)14(11)9-23/h3-6,11,14-15H,2,7-10,21H2,1H3,(H,22,27). The van der Waals surface area contributed by atoms with E-state index in [1.54, 1.807) is 11.8 Å². The molecule has 3 N–H and O–H groups in total. The fourth-order valence-corrected chi connectivity index (χ4v) is 4.57. The summed E-state index contributed by atoms with van der Waals surface area (Å²) in [5.74, 6) is -0.464. The molecule has 1 aromatic carbocycles. The van der Waals surface area contributed by atoms with Crippen LogP contribution in [0.4, 0.5) is 9.18 Å². The van der Waals surface area contributed by atoms with Gasteiger partial charge in [-0.1, -0.05) is 12.1 Å². The fourth-order valence-electron chi connectivity index (χ4n) is 4.57. The molecule has 27 heavy (non-hydrogen) atoms. The van der Waals surface area contributed by atoms with Crippen molar-refractivity contribution < 1.29 is 18.8 Å². The van der Waals surface area contributed by atoms with E-state index in [-0.39, 0.29) is 18.5 Å². The lowest BCUT2D eigenvalue weighted by Gasteiger charge is -2.23. The molecule has 1 aliphatic carbocycles. The topological polar surface area (TPSA) is 95.7 Å². The largest absolute Gasteiger partial charge is 0.341 e. The number of rotatable bonds is 3. The number of hydrogen-bond donors (Lipinski definition) is 2. The minimum absolute atomic E-state index is 0.117. The maximum Gasteiger partial charge on any atom is 0.325 e. The number of imide groups is 1. The Hall–Kier alpha value is -2.48. The van der Waals surface area contributed by atoms with Gasteiger partial charge < -0.3 is 16.0 Å². The molecule has 0 radical (unpaired) electrons. The van der Waals surface area contributed by atoms with E-state index in [1.807, 2.05) is 0 Å². The molecule has 7 nitrogen and oxygen atoms in total. The van der Waals surface area contributed by atoms with Gasteiger partial charge in [-0.25, -0.2) is 9.18 Å². The summed E-state index contributed by atoms with van der Waals surface area (Å²) in [6.45, 7) is 2.49. The van der Waals surface area contributed by atoms with Crippen LogP contribution in [0.15, 0.2) is 24.3 Å². The number of nitrogens with two attached hydrogens (primary N) is 1. The summed E-state index contributed by atoms with van der Waals surface area (Å²) >= 11 is 0. The third kappa shape index (κ3) is 2.88. The number of urea groups is 1. The lowest BCUT2D eigenvalue weighted by molar-refractivity contribution is -0.138. The minimum atomic E-state index is -1.31. The summed E-state index contributed by atoms with van der Waals surface area (Å²) in [5, 5.41) is 2.63. The summed E-state index contributed by atoms with van der Waals surface area (Å²) in [7, 11) is 0. The molecule has 4 rings (SSSR count). The number of amides is 4. The Morgan fingerprint density at radius 2 is 1.96 bits per heavy atom. The summed E-state index contributed by atoms with van der Waals surface area (Å²) in [4.78, 5) is 40.6. The van der Waals surface area contributed by atoms with Crippen molar-refractivity contribution in [1.29, 1.82) is 0 Å². The van der Waals surface area contributed by atoms with Crippen molar-refractivity contribution in [2.75, 3.05) is 19.6 Å². The van der Waals surface area contributed by atoms with Crippen LogP contribution in [0, 0.1) is 17.7 Å². The van der Waals surface area contributed by atoms with Gasteiger partial charge >= 0.3 is 6.03 Å². The molecule has 8 heteroatoms. The van der Waals surface area contributed by atoms with E-state index < -0.39 is 23.3 Å². The van der Waals surface area contributed by atoms with Gasteiger partial charge in [0.2, 0.25) is 5.91 Å². The molecule has 0 aromatic heterocycles. The van der Waals surface area contributed by atoms with Gasteiger partial charge in [-0.3, -0.25) is 14.5 Å². The van der Waals surface area contributed by atoms with Gasteiger partial charge in [0.05, 0.1) is 0 Å². The quantitative estimate of drug-likeness (QED) is 0.765. The van der Waals surface area contributed by atoms with E-state index in [0.717, 1.165) is 17.7 Å².